The zero-order valence-electron chi connectivity index (χ0n) is 8.25. The Morgan fingerprint density at radius 2 is 2.38 bits per heavy atom. The van der Waals surface area contributed by atoms with Crippen LogP contribution >= 0.6 is 0 Å². The number of hydrogen-bond acceptors (Lipinski definition) is 2. The van der Waals surface area contributed by atoms with Crippen LogP contribution in [0.15, 0.2) is 12.7 Å². The summed E-state index contributed by atoms with van der Waals surface area (Å²) in [6.07, 6.45) is 4.92. The monoisotopic (exact) mass is 185 g/mol. The summed E-state index contributed by atoms with van der Waals surface area (Å²) in [6, 6.07) is 0.451. The molecule has 0 aromatic rings. The highest BCUT2D eigenvalue weighted by molar-refractivity contribution is 5.66. The molecule has 0 amide bonds. The molecule has 2 N–H and O–H groups in total. The van der Waals surface area contributed by atoms with Gasteiger partial charge in [0.2, 0.25) is 0 Å². The average Bonchev–Trinajstić information content (AvgIpc) is 2.08. The van der Waals surface area contributed by atoms with E-state index in [4.69, 9.17) is 5.11 Å². The van der Waals surface area contributed by atoms with Gasteiger partial charge in [0.25, 0.3) is 0 Å². The molecule has 0 saturated heterocycles. The number of allylic oxidation sites excluding steroid dienone is 1. The molecule has 13 heavy (non-hydrogen) atoms. The molecule has 0 heterocycles. The van der Waals surface area contributed by atoms with Crippen molar-refractivity contribution >= 4 is 5.97 Å². The van der Waals surface area contributed by atoms with Gasteiger partial charge < -0.3 is 10.4 Å². The third kappa shape index (κ3) is 9.08. The lowest BCUT2D eigenvalue weighted by atomic mass is 10.2. The van der Waals surface area contributed by atoms with Gasteiger partial charge in [0.1, 0.15) is 0 Å². The third-order valence-electron chi connectivity index (χ3n) is 1.86. The summed E-state index contributed by atoms with van der Waals surface area (Å²) in [7, 11) is 0. The molecule has 0 radical (unpaired) electrons. The Labute approximate surface area is 79.8 Å². The lowest BCUT2D eigenvalue weighted by Crippen LogP contribution is -2.27. The van der Waals surface area contributed by atoms with Crippen molar-refractivity contribution in [2.75, 3.05) is 6.54 Å². The maximum atomic E-state index is 10.2. The molecule has 0 aliphatic rings. The first-order valence-electron chi connectivity index (χ1n) is 4.73. The fraction of sp³-hybridized carbons (Fsp3) is 0.700. The quantitative estimate of drug-likeness (QED) is 0.448. The molecule has 3 nitrogen and oxygen atoms in total. The van der Waals surface area contributed by atoms with Crippen LogP contribution in [0.4, 0.5) is 0 Å². The fourth-order valence-corrected chi connectivity index (χ4v) is 1.06. The molecule has 0 fully saturated rings. The fourth-order valence-electron chi connectivity index (χ4n) is 1.06. The topological polar surface area (TPSA) is 49.3 Å². The predicted molar refractivity (Wildman–Crippen MR) is 53.8 cm³/mol. The number of hydrogen-bond donors (Lipinski definition) is 2. The van der Waals surface area contributed by atoms with Gasteiger partial charge in [-0.1, -0.05) is 6.08 Å². The van der Waals surface area contributed by atoms with E-state index in [0.29, 0.717) is 12.5 Å². The molecular formula is C10H19NO2. The van der Waals surface area contributed by atoms with Crippen molar-refractivity contribution in [2.24, 2.45) is 0 Å². The maximum absolute atomic E-state index is 10.2. The Bertz CT molecular complexity index is 157. The van der Waals surface area contributed by atoms with Crippen LogP contribution in [-0.4, -0.2) is 23.7 Å². The van der Waals surface area contributed by atoms with E-state index >= 15 is 0 Å². The van der Waals surface area contributed by atoms with Crippen LogP contribution in [-0.2, 0) is 4.79 Å². The predicted octanol–water partition coefficient (Wildman–Crippen LogP) is 1.80. The number of nitrogens with one attached hydrogen (secondary N) is 1. The second-order valence-electron chi connectivity index (χ2n) is 3.22. The Morgan fingerprint density at radius 3 is 2.92 bits per heavy atom. The maximum Gasteiger partial charge on any atom is 0.303 e. The second kappa shape index (κ2) is 7.80. The van der Waals surface area contributed by atoms with Crippen LogP contribution in [0.5, 0.6) is 0 Å². The summed E-state index contributed by atoms with van der Waals surface area (Å²) in [5.74, 6) is -0.722. The third-order valence-corrected chi connectivity index (χ3v) is 1.86. The molecule has 0 aliphatic carbocycles. The molecule has 0 saturated carbocycles. The molecule has 0 aromatic carbocycles. The van der Waals surface area contributed by atoms with Crippen molar-refractivity contribution in [1.82, 2.24) is 5.32 Å². The lowest BCUT2D eigenvalue weighted by Gasteiger charge is -2.11. The van der Waals surface area contributed by atoms with Crippen molar-refractivity contribution in [3.05, 3.63) is 12.7 Å². The molecule has 0 bridgehead atoms. The molecule has 0 rings (SSSR count). The zero-order chi connectivity index (χ0) is 10.1. The summed E-state index contributed by atoms with van der Waals surface area (Å²) in [5, 5.41) is 11.6. The van der Waals surface area contributed by atoms with Gasteiger partial charge in [-0.3, -0.25) is 4.79 Å². The minimum atomic E-state index is -0.722. The summed E-state index contributed by atoms with van der Waals surface area (Å²) >= 11 is 0. The van der Waals surface area contributed by atoms with E-state index in [0.717, 1.165) is 19.4 Å². The Morgan fingerprint density at radius 1 is 1.69 bits per heavy atom. The van der Waals surface area contributed by atoms with Crippen LogP contribution in [0, 0.1) is 0 Å². The first kappa shape index (κ1) is 12.2. The highest BCUT2D eigenvalue weighted by atomic mass is 16.4. The Hall–Kier alpha value is -0.830. The smallest absolute Gasteiger partial charge is 0.303 e. The molecule has 0 spiro atoms. The van der Waals surface area contributed by atoms with Crippen molar-refractivity contribution in [1.29, 1.82) is 0 Å². The number of carboxylic acids is 1. The highest BCUT2D eigenvalue weighted by Crippen LogP contribution is 1.97. The molecule has 0 aliphatic heterocycles. The average molecular weight is 185 g/mol. The molecule has 0 aromatic heterocycles. The Balaban J connectivity index is 3.21. The van der Waals surface area contributed by atoms with Gasteiger partial charge >= 0.3 is 5.97 Å². The molecule has 1 atom stereocenters. The summed E-state index contributed by atoms with van der Waals surface area (Å²) in [5.41, 5.74) is 0. The number of aliphatic carboxylic acids is 1. The van der Waals surface area contributed by atoms with Gasteiger partial charge in [-0.15, -0.1) is 6.58 Å². The minimum absolute atomic E-state index is 0.251. The highest BCUT2D eigenvalue weighted by Gasteiger charge is 2.00. The van der Waals surface area contributed by atoms with Crippen molar-refractivity contribution in [3.63, 3.8) is 0 Å². The van der Waals surface area contributed by atoms with Gasteiger partial charge in [0.15, 0.2) is 0 Å². The van der Waals surface area contributed by atoms with E-state index in [9.17, 15) is 4.79 Å². The SMILES string of the molecule is C=CCCC(C)NCCCC(=O)O. The van der Waals surface area contributed by atoms with Crippen molar-refractivity contribution < 1.29 is 9.90 Å². The lowest BCUT2D eigenvalue weighted by molar-refractivity contribution is -0.137. The van der Waals surface area contributed by atoms with Gasteiger partial charge in [0.05, 0.1) is 0 Å². The largest absolute Gasteiger partial charge is 0.481 e. The van der Waals surface area contributed by atoms with Crippen LogP contribution in [0.2, 0.25) is 0 Å². The summed E-state index contributed by atoms with van der Waals surface area (Å²) in [4.78, 5) is 10.2. The van der Waals surface area contributed by atoms with Gasteiger partial charge in [-0.05, 0) is 32.7 Å². The van der Waals surface area contributed by atoms with Crippen LogP contribution in [0.25, 0.3) is 0 Å². The van der Waals surface area contributed by atoms with Gasteiger partial charge in [-0.25, -0.2) is 0 Å². The second-order valence-corrected chi connectivity index (χ2v) is 3.22. The van der Waals surface area contributed by atoms with E-state index < -0.39 is 5.97 Å². The molecule has 1 unspecified atom stereocenters. The van der Waals surface area contributed by atoms with E-state index in [2.05, 4.69) is 18.8 Å². The van der Waals surface area contributed by atoms with Crippen LogP contribution < -0.4 is 5.32 Å². The first-order valence-corrected chi connectivity index (χ1v) is 4.73. The van der Waals surface area contributed by atoms with E-state index in [1.54, 1.807) is 0 Å². The van der Waals surface area contributed by atoms with Gasteiger partial charge in [0, 0.05) is 12.5 Å². The van der Waals surface area contributed by atoms with Crippen molar-refractivity contribution in [2.45, 2.75) is 38.6 Å². The number of carbonyl (C=O) groups is 1. The van der Waals surface area contributed by atoms with Crippen LogP contribution in [0.3, 0.4) is 0 Å². The number of carboxylic acid groups (broad SMARTS) is 1. The summed E-state index contributed by atoms with van der Waals surface area (Å²) in [6.45, 7) is 6.53. The Kier molecular flexibility index (Phi) is 7.30. The van der Waals surface area contributed by atoms with Crippen LogP contribution in [0.1, 0.15) is 32.6 Å². The van der Waals surface area contributed by atoms with E-state index in [1.807, 2.05) is 6.08 Å². The number of rotatable bonds is 8. The molecule has 3 heteroatoms. The minimum Gasteiger partial charge on any atom is -0.481 e. The van der Waals surface area contributed by atoms with Gasteiger partial charge in [-0.2, -0.15) is 0 Å². The molecule has 76 valence electrons. The summed E-state index contributed by atoms with van der Waals surface area (Å²) < 4.78 is 0. The first-order chi connectivity index (χ1) is 6.16. The van der Waals surface area contributed by atoms with E-state index in [-0.39, 0.29) is 6.42 Å². The van der Waals surface area contributed by atoms with Crippen molar-refractivity contribution in [3.8, 4) is 0 Å². The molecular weight excluding hydrogens is 166 g/mol. The normalized spacial score (nSPS) is 12.4. The zero-order valence-corrected chi connectivity index (χ0v) is 8.25. The standard InChI is InChI=1S/C10H19NO2/c1-3-4-6-9(2)11-8-5-7-10(12)13/h3,9,11H,1,4-8H2,2H3,(H,12,13). The van der Waals surface area contributed by atoms with E-state index in [1.165, 1.54) is 0 Å².